The standard InChI is InChI=1S/C17H21FNOP.Al/c1-17(2,15-8-4-6-13(11-18)19-15)14-7-3-5-12(9-10-21)16(14)20;/h3-8,20H,9-11,21H2,1-2H3;/q;+1/p-1. The predicted octanol–water partition coefficient (Wildman–Crippen LogP) is 3.76. The Morgan fingerprint density at radius 3 is 2.59 bits per heavy atom. The van der Waals surface area contributed by atoms with Gasteiger partial charge in [-0.25, -0.2) is 4.39 Å². The summed E-state index contributed by atoms with van der Waals surface area (Å²) in [5.74, 6) is 0.868. The van der Waals surface area contributed by atoms with Crippen molar-refractivity contribution in [1.29, 1.82) is 0 Å². The van der Waals surface area contributed by atoms with E-state index in [0.29, 0.717) is 5.69 Å². The molecule has 0 saturated carbocycles. The fourth-order valence-electron chi connectivity index (χ4n) is 2.61. The van der Waals surface area contributed by atoms with Crippen molar-refractivity contribution in [2.45, 2.75) is 32.4 Å². The van der Waals surface area contributed by atoms with Gasteiger partial charge in [-0.1, -0.05) is 38.1 Å². The second kappa shape index (κ2) is 7.56. The Morgan fingerprint density at radius 2 is 1.95 bits per heavy atom. The zero-order valence-electron chi connectivity index (χ0n) is 13.0. The highest BCUT2D eigenvalue weighted by atomic mass is 31.0. The van der Waals surface area contributed by atoms with Crippen LogP contribution in [0.15, 0.2) is 36.4 Å². The molecule has 0 aliphatic rings. The first-order valence-electron chi connectivity index (χ1n) is 7.26. The summed E-state index contributed by atoms with van der Waals surface area (Å²) in [6.45, 7) is 3.62. The molecule has 2 aromatic rings. The SMILES string of the molecule is CC(C)(c1cccc(CF)n1)c1cccc(CCP)c1[O][Al]. The summed E-state index contributed by atoms with van der Waals surface area (Å²) in [6, 6.07) is 11.7. The number of aromatic nitrogens is 1. The van der Waals surface area contributed by atoms with Crippen molar-refractivity contribution in [2.24, 2.45) is 0 Å². The van der Waals surface area contributed by atoms with E-state index < -0.39 is 6.67 Å². The van der Waals surface area contributed by atoms with Crippen LogP contribution in [0.3, 0.4) is 0 Å². The van der Waals surface area contributed by atoms with Crippen molar-refractivity contribution in [3.63, 3.8) is 0 Å². The Kier molecular flexibility index (Phi) is 5.98. The highest BCUT2D eigenvalue weighted by Crippen LogP contribution is 2.38. The Balaban J connectivity index is 2.54. The maximum atomic E-state index is 12.9. The Labute approximate surface area is 142 Å². The van der Waals surface area contributed by atoms with Crippen LogP contribution in [-0.2, 0) is 18.5 Å². The molecule has 1 aromatic carbocycles. The number of alkyl halides is 1. The summed E-state index contributed by atoms with van der Waals surface area (Å²) in [5.41, 5.74) is 3.15. The maximum absolute atomic E-state index is 12.9. The quantitative estimate of drug-likeness (QED) is 0.594. The third-order valence-electron chi connectivity index (χ3n) is 3.89. The molecule has 114 valence electrons. The number of rotatable bonds is 6. The van der Waals surface area contributed by atoms with E-state index in [2.05, 4.69) is 56.8 Å². The number of hydrogen-bond donors (Lipinski definition) is 0. The first kappa shape index (κ1) is 17.4. The highest BCUT2D eigenvalue weighted by molar-refractivity contribution is 7.16. The average Bonchev–Trinajstić information content (AvgIpc) is 2.55. The number of hydrogen-bond acceptors (Lipinski definition) is 2. The van der Waals surface area contributed by atoms with Crippen LogP contribution in [0.4, 0.5) is 4.39 Å². The van der Waals surface area contributed by atoms with Gasteiger partial charge in [0.15, 0.2) is 0 Å². The summed E-state index contributed by atoms with van der Waals surface area (Å²) in [6.07, 6.45) is 1.90. The second-order valence-electron chi connectivity index (χ2n) is 5.72. The molecular formula is C17H20AlFNOP. The minimum absolute atomic E-state index is 0.367. The van der Waals surface area contributed by atoms with Gasteiger partial charge in [0.25, 0.3) is 0 Å². The smallest absolute Gasteiger partial charge is 0.482 e. The zero-order valence-corrected chi connectivity index (χ0v) is 15.3. The maximum Gasteiger partial charge on any atom is 0.482 e. The molecule has 1 aromatic heterocycles. The number of pyridine rings is 1. The largest absolute Gasteiger partial charge is 0.653 e. The number of halogens is 1. The molecule has 0 saturated heterocycles. The molecule has 0 spiro atoms. The van der Waals surface area contributed by atoms with Gasteiger partial charge in [0, 0.05) is 11.0 Å². The highest BCUT2D eigenvalue weighted by Gasteiger charge is 2.28. The fraction of sp³-hybridized carbons (Fsp3) is 0.353. The molecule has 2 rings (SSSR count). The van der Waals surface area contributed by atoms with E-state index >= 15 is 0 Å². The second-order valence-corrected chi connectivity index (χ2v) is 6.54. The van der Waals surface area contributed by atoms with Gasteiger partial charge in [-0.05, 0) is 30.3 Å². The van der Waals surface area contributed by atoms with Crippen LogP contribution in [-0.4, -0.2) is 27.8 Å². The summed E-state index contributed by atoms with van der Waals surface area (Å²) < 4.78 is 18.5. The first-order valence-corrected chi connectivity index (χ1v) is 8.55. The van der Waals surface area contributed by atoms with Gasteiger partial charge in [0.05, 0.1) is 17.1 Å². The van der Waals surface area contributed by atoms with Gasteiger partial charge < -0.3 is 3.79 Å². The molecule has 0 aliphatic heterocycles. The summed E-state index contributed by atoms with van der Waals surface area (Å²) in [5, 5.41) is 0. The van der Waals surface area contributed by atoms with Crippen LogP contribution in [0.25, 0.3) is 0 Å². The lowest BCUT2D eigenvalue weighted by atomic mass is 9.79. The number of nitrogens with zero attached hydrogens (tertiary/aromatic N) is 1. The van der Waals surface area contributed by atoms with Crippen molar-refractivity contribution in [2.75, 3.05) is 6.16 Å². The molecule has 1 unspecified atom stereocenters. The van der Waals surface area contributed by atoms with Crippen molar-refractivity contribution in [3.8, 4) is 5.75 Å². The van der Waals surface area contributed by atoms with Gasteiger partial charge >= 0.3 is 16.6 Å². The molecule has 0 aliphatic carbocycles. The van der Waals surface area contributed by atoms with Gasteiger partial charge in [-0.2, -0.15) is 0 Å². The monoisotopic (exact) mass is 331 g/mol. The van der Waals surface area contributed by atoms with E-state index in [0.717, 1.165) is 35.2 Å². The van der Waals surface area contributed by atoms with E-state index in [1.165, 1.54) is 0 Å². The Morgan fingerprint density at radius 1 is 1.23 bits per heavy atom. The van der Waals surface area contributed by atoms with E-state index in [4.69, 9.17) is 3.79 Å². The third-order valence-corrected chi connectivity index (χ3v) is 4.41. The summed E-state index contributed by atoms with van der Waals surface area (Å²) in [4.78, 5) is 4.45. The van der Waals surface area contributed by atoms with E-state index in [1.807, 2.05) is 18.2 Å². The molecule has 0 fully saturated rings. The molecular weight excluding hydrogens is 311 g/mol. The Bertz CT molecular complexity index is 648. The molecule has 22 heavy (non-hydrogen) atoms. The number of benzene rings is 1. The van der Waals surface area contributed by atoms with E-state index in [9.17, 15) is 4.39 Å². The van der Waals surface area contributed by atoms with Crippen molar-refractivity contribution in [1.82, 2.24) is 4.98 Å². The molecule has 0 amide bonds. The minimum atomic E-state index is -0.552. The zero-order chi connectivity index (χ0) is 16.2. The van der Waals surface area contributed by atoms with Gasteiger partial charge in [0.1, 0.15) is 6.67 Å². The predicted molar refractivity (Wildman–Crippen MR) is 92.3 cm³/mol. The number of aryl methyl sites for hydroxylation is 1. The van der Waals surface area contributed by atoms with Crippen LogP contribution in [0.5, 0.6) is 5.75 Å². The molecule has 0 N–H and O–H groups in total. The van der Waals surface area contributed by atoms with Crippen LogP contribution in [0.1, 0.15) is 36.4 Å². The van der Waals surface area contributed by atoms with Gasteiger partial charge in [-0.15, -0.1) is 9.24 Å². The molecule has 2 nitrogen and oxygen atoms in total. The fourth-order valence-corrected chi connectivity index (χ4v) is 3.20. The topological polar surface area (TPSA) is 22.1 Å². The van der Waals surface area contributed by atoms with Crippen LogP contribution < -0.4 is 3.79 Å². The van der Waals surface area contributed by atoms with Gasteiger partial charge in [-0.3, -0.25) is 4.98 Å². The first-order chi connectivity index (χ1) is 10.5. The molecule has 1 heterocycles. The van der Waals surface area contributed by atoms with Gasteiger partial charge in [0.2, 0.25) is 0 Å². The summed E-state index contributed by atoms with van der Waals surface area (Å²) >= 11 is 2.34. The minimum Gasteiger partial charge on any atom is -0.653 e. The number of para-hydroxylation sites is 1. The van der Waals surface area contributed by atoms with Crippen LogP contribution >= 0.6 is 9.24 Å². The average molecular weight is 331 g/mol. The van der Waals surface area contributed by atoms with E-state index in [1.54, 1.807) is 6.07 Å². The van der Waals surface area contributed by atoms with Crippen molar-refractivity contribution < 1.29 is 8.18 Å². The molecule has 0 bridgehead atoms. The molecule has 1 atom stereocenters. The van der Waals surface area contributed by atoms with Crippen LogP contribution in [0.2, 0.25) is 0 Å². The summed E-state index contributed by atoms with van der Waals surface area (Å²) in [7, 11) is 2.74. The lowest BCUT2D eigenvalue weighted by Gasteiger charge is -2.29. The van der Waals surface area contributed by atoms with Crippen molar-refractivity contribution >= 4 is 25.9 Å². The van der Waals surface area contributed by atoms with Crippen LogP contribution in [0, 0.1) is 0 Å². The van der Waals surface area contributed by atoms with E-state index in [-0.39, 0.29) is 5.41 Å². The third kappa shape index (κ3) is 3.52. The normalized spacial score (nSPS) is 11.5. The van der Waals surface area contributed by atoms with Crippen molar-refractivity contribution in [3.05, 3.63) is 58.9 Å². The molecule has 2 radical (unpaired) electrons. The lowest BCUT2D eigenvalue weighted by molar-refractivity contribution is 0.470. The lowest BCUT2D eigenvalue weighted by Crippen LogP contribution is -2.22. The Hall–Kier alpha value is -0.938. The molecule has 5 heteroatoms.